The van der Waals surface area contributed by atoms with E-state index in [1.807, 2.05) is 85.0 Å². The maximum Gasteiger partial charge on any atom is 0.310 e. The van der Waals surface area contributed by atoms with Gasteiger partial charge in [0, 0.05) is 6.42 Å². The molecule has 3 atom stereocenters. The molecule has 9 nitrogen and oxygen atoms in total. The van der Waals surface area contributed by atoms with E-state index < -0.39 is 53.1 Å². The lowest BCUT2D eigenvalue weighted by atomic mass is 9.99. The molecule has 0 spiro atoms. The van der Waals surface area contributed by atoms with E-state index in [-0.39, 0.29) is 29.7 Å². The minimum absolute atomic E-state index is 0.203. The van der Waals surface area contributed by atoms with Crippen LogP contribution in [-0.4, -0.2) is 70.6 Å². The number of benzene rings is 3. The molecule has 0 aliphatic rings. The first-order valence-corrected chi connectivity index (χ1v) is 23.3. The molecule has 11 heteroatoms. The fourth-order valence-electron chi connectivity index (χ4n) is 5.92. The fourth-order valence-corrected chi connectivity index (χ4v) is 11.3. The lowest BCUT2D eigenvalue weighted by Gasteiger charge is -2.42. The van der Waals surface area contributed by atoms with Crippen LogP contribution >= 0.6 is 0 Å². The number of carbonyl (C=O) groups excluding carboxylic acids is 1. The molecular weight excluding hydrogens is 717 g/mol. The second-order valence-corrected chi connectivity index (χ2v) is 25.0. The number of ketones is 1. The first kappa shape index (κ1) is 44.7. The number of aliphatic carboxylic acids is 1. The van der Waals surface area contributed by atoms with Gasteiger partial charge in [-0.15, -0.1) is 0 Å². The summed E-state index contributed by atoms with van der Waals surface area (Å²) < 4.78 is 25.0. The molecule has 0 saturated heterocycles. The van der Waals surface area contributed by atoms with Gasteiger partial charge in [0.05, 0.1) is 38.6 Å². The molecule has 0 aromatic heterocycles. The summed E-state index contributed by atoms with van der Waals surface area (Å²) in [7, 11) is -3.74. The maximum absolute atomic E-state index is 12.6. The summed E-state index contributed by atoms with van der Waals surface area (Å²) in [6, 6.07) is 28.1. The number of allylic oxidation sites excluding steroid dienone is 2. The van der Waals surface area contributed by atoms with Crippen LogP contribution in [0, 0.1) is 0 Å². The van der Waals surface area contributed by atoms with Crippen molar-refractivity contribution in [2.75, 3.05) is 13.7 Å². The highest BCUT2D eigenvalue weighted by atomic mass is 28.4. The van der Waals surface area contributed by atoms with Gasteiger partial charge in [0.1, 0.15) is 18.0 Å². The van der Waals surface area contributed by atoms with Gasteiger partial charge in [-0.1, -0.05) is 139 Å². The Bertz CT molecular complexity index is 1600. The Morgan fingerprint density at radius 3 is 1.85 bits per heavy atom. The predicted octanol–water partition coefficient (Wildman–Crippen LogP) is 7.78. The van der Waals surface area contributed by atoms with Crippen LogP contribution in [-0.2, 0) is 34.8 Å². The van der Waals surface area contributed by atoms with Gasteiger partial charge in [-0.3, -0.25) is 14.2 Å². The van der Waals surface area contributed by atoms with Gasteiger partial charge in [0.25, 0.3) is 0 Å². The lowest BCUT2D eigenvalue weighted by Crippen LogP contribution is -2.66. The van der Waals surface area contributed by atoms with Crippen LogP contribution < -0.4 is 15.1 Å². The number of rotatable bonds is 21. The van der Waals surface area contributed by atoms with Crippen LogP contribution in [0.5, 0.6) is 5.75 Å². The normalized spacial score (nSPS) is 14.6. The number of methoxy groups -OCH3 is 1. The van der Waals surface area contributed by atoms with Crippen molar-refractivity contribution in [1.29, 1.82) is 0 Å². The molecule has 0 aliphatic heterocycles. The summed E-state index contributed by atoms with van der Waals surface area (Å²) in [4.78, 5) is 29.8. The van der Waals surface area contributed by atoms with Crippen LogP contribution in [0.25, 0.3) is 0 Å². The van der Waals surface area contributed by atoms with E-state index >= 15 is 0 Å². The molecular formula is C43H60O9Si2. The quantitative estimate of drug-likeness (QED) is 0.0279. The summed E-state index contributed by atoms with van der Waals surface area (Å²) in [5, 5.41) is 22.5. The van der Waals surface area contributed by atoms with Crippen molar-refractivity contribution < 1.29 is 43.2 Å². The van der Waals surface area contributed by atoms with Crippen LogP contribution in [0.4, 0.5) is 0 Å². The van der Waals surface area contributed by atoms with Crippen LogP contribution in [0.3, 0.4) is 0 Å². The van der Waals surface area contributed by atoms with E-state index in [1.165, 1.54) is 0 Å². The SMILES string of the molecule is COc1ccc(CO[C@@H](C/C=C/C=C/COO[Si](c2ccccc2)(c2ccccc2)C(C)(C)C)[C@@H](O[Si](C)(C)C(C)(C)C)[C@H](O)CC(=O)CC(=O)O)cc1. The highest BCUT2D eigenvalue weighted by molar-refractivity contribution is 6.99. The van der Waals surface area contributed by atoms with Crippen molar-refractivity contribution in [2.24, 2.45) is 0 Å². The first-order valence-electron chi connectivity index (χ1n) is 18.5. The third kappa shape index (κ3) is 12.7. The van der Waals surface area contributed by atoms with E-state index in [0.717, 1.165) is 21.7 Å². The third-order valence-corrected chi connectivity index (χ3v) is 19.2. The molecule has 0 heterocycles. The Kier molecular flexibility index (Phi) is 16.8. The fraction of sp³-hybridized carbons (Fsp3) is 0.442. The van der Waals surface area contributed by atoms with Crippen molar-refractivity contribution >= 4 is 38.8 Å². The number of carboxylic acids is 1. The number of hydrogen-bond acceptors (Lipinski definition) is 8. The first-order chi connectivity index (χ1) is 25.4. The van der Waals surface area contributed by atoms with Crippen molar-refractivity contribution in [1.82, 2.24) is 0 Å². The average molecular weight is 777 g/mol. The van der Waals surface area contributed by atoms with Crippen molar-refractivity contribution in [3.8, 4) is 5.75 Å². The summed E-state index contributed by atoms with van der Waals surface area (Å²) in [6.45, 7) is 17.4. The molecule has 3 aromatic carbocycles. The maximum atomic E-state index is 12.6. The zero-order valence-electron chi connectivity index (χ0n) is 33.4. The molecule has 0 bridgehead atoms. The Balaban J connectivity index is 1.82. The average Bonchev–Trinajstić information content (AvgIpc) is 3.11. The Morgan fingerprint density at radius 2 is 1.35 bits per heavy atom. The highest BCUT2D eigenvalue weighted by Gasteiger charge is 2.52. The molecule has 0 saturated carbocycles. The van der Waals surface area contributed by atoms with Crippen LogP contribution in [0.15, 0.2) is 109 Å². The molecule has 0 amide bonds. The molecule has 294 valence electrons. The van der Waals surface area contributed by atoms with E-state index in [9.17, 15) is 19.8 Å². The smallest absolute Gasteiger partial charge is 0.310 e. The second-order valence-electron chi connectivity index (χ2n) is 16.0. The zero-order valence-corrected chi connectivity index (χ0v) is 35.4. The van der Waals surface area contributed by atoms with E-state index in [1.54, 1.807) is 7.11 Å². The largest absolute Gasteiger partial charge is 0.497 e. The Hall–Kier alpha value is -3.69. The number of aliphatic hydroxyl groups excluding tert-OH is 1. The Labute approximate surface area is 324 Å². The number of carbonyl (C=O) groups is 2. The molecule has 3 aromatic rings. The number of hydrogen-bond donors (Lipinski definition) is 2. The molecule has 0 aliphatic carbocycles. The molecule has 3 rings (SSSR count). The topological polar surface area (TPSA) is 121 Å². The van der Waals surface area contributed by atoms with Gasteiger partial charge in [-0.2, -0.15) is 0 Å². The minimum atomic E-state index is -2.85. The van der Waals surface area contributed by atoms with Crippen LogP contribution in [0.1, 0.15) is 66.4 Å². The molecule has 54 heavy (non-hydrogen) atoms. The Morgan fingerprint density at radius 1 is 0.796 bits per heavy atom. The molecule has 0 radical (unpaired) electrons. The number of aliphatic hydroxyl groups is 1. The highest BCUT2D eigenvalue weighted by Crippen LogP contribution is 2.39. The lowest BCUT2D eigenvalue weighted by molar-refractivity contribution is -0.207. The second kappa shape index (κ2) is 20.3. The molecule has 0 fully saturated rings. The van der Waals surface area contributed by atoms with Gasteiger partial charge in [-0.25, -0.2) is 4.89 Å². The van der Waals surface area contributed by atoms with Gasteiger partial charge in [0.2, 0.25) is 0 Å². The van der Waals surface area contributed by atoms with Crippen LogP contribution in [0.2, 0.25) is 23.2 Å². The van der Waals surface area contributed by atoms with Crippen molar-refractivity contribution in [3.05, 3.63) is 115 Å². The monoisotopic (exact) mass is 776 g/mol. The van der Waals surface area contributed by atoms with Gasteiger partial charge >= 0.3 is 14.3 Å². The van der Waals surface area contributed by atoms with E-state index in [2.05, 4.69) is 78.9 Å². The zero-order chi connectivity index (χ0) is 40.0. The van der Waals surface area contributed by atoms with Crippen molar-refractivity contribution in [2.45, 2.75) is 109 Å². The summed E-state index contributed by atoms with van der Waals surface area (Å²) in [5.74, 6) is -1.10. The van der Waals surface area contributed by atoms with Gasteiger partial charge in [-0.05, 0) is 57.7 Å². The number of Topliss-reactive ketones (excluding diaryl/α,β-unsaturated/α-hetero) is 1. The van der Waals surface area contributed by atoms with E-state index in [0.29, 0.717) is 6.42 Å². The third-order valence-electron chi connectivity index (χ3n) is 9.91. The predicted molar refractivity (Wildman–Crippen MR) is 219 cm³/mol. The minimum Gasteiger partial charge on any atom is -0.497 e. The number of ether oxygens (including phenoxy) is 2. The summed E-state index contributed by atoms with van der Waals surface area (Å²) in [6.07, 6.45) is 4.02. The van der Waals surface area contributed by atoms with Crippen molar-refractivity contribution in [3.63, 3.8) is 0 Å². The van der Waals surface area contributed by atoms with Gasteiger partial charge in [0.15, 0.2) is 8.32 Å². The summed E-state index contributed by atoms with van der Waals surface area (Å²) >= 11 is 0. The summed E-state index contributed by atoms with van der Waals surface area (Å²) in [5.41, 5.74) is 0.894. The number of carboxylic acid groups (broad SMARTS) is 1. The van der Waals surface area contributed by atoms with E-state index in [4.69, 9.17) is 23.4 Å². The standard InChI is InChI=1S/C43H60O9Si2/c1-42(2,3)53(8,9)51-41(38(45)30-34(44)31-40(46)47)39(49-32-33-25-27-35(48-7)28-26-33)24-18-10-11-19-29-50-52-54(43(4,5)6,36-20-14-12-15-21-36)37-22-16-13-17-23-37/h10-23,25-28,38-39,41,45H,24,29-32H2,1-9H3,(H,46,47)/b18-10+,19-11+/t38-,39+,41+/m1/s1. The molecule has 2 N–H and O–H groups in total. The molecule has 0 unspecified atom stereocenters. The van der Waals surface area contributed by atoms with Gasteiger partial charge < -0.3 is 24.1 Å².